The number of hydrogen-bond acceptors (Lipinski definition) is 2. The molecular weight excluding hydrogens is 280 g/mol. The van der Waals surface area contributed by atoms with Crippen LogP contribution in [0, 0.1) is 6.92 Å². The molecule has 128 valence electrons. The van der Waals surface area contributed by atoms with Crippen molar-refractivity contribution in [3.05, 3.63) is 46.7 Å². The van der Waals surface area contributed by atoms with Gasteiger partial charge in [0.05, 0.1) is 0 Å². The number of aryl methyl sites for hydroxylation is 2. The summed E-state index contributed by atoms with van der Waals surface area (Å²) < 4.78 is 0. The Hall–Kier alpha value is -1.28. The number of benzene rings is 1. The lowest BCUT2D eigenvalue weighted by Crippen LogP contribution is -2.42. The third-order valence-electron chi connectivity index (χ3n) is 5.36. The Morgan fingerprint density at radius 1 is 1.17 bits per heavy atom. The molecule has 1 saturated carbocycles. The van der Waals surface area contributed by atoms with Crippen LogP contribution >= 0.6 is 0 Å². The van der Waals surface area contributed by atoms with E-state index in [4.69, 9.17) is 0 Å². The van der Waals surface area contributed by atoms with Crippen LogP contribution in [0.15, 0.2) is 24.4 Å². The molecule has 1 aliphatic rings. The zero-order valence-corrected chi connectivity index (χ0v) is 15.5. The summed E-state index contributed by atoms with van der Waals surface area (Å²) in [5.74, 6) is 0. The van der Waals surface area contributed by atoms with E-state index in [9.17, 15) is 0 Å². The largest absolute Gasteiger partial charge is 0.388 e. The highest BCUT2D eigenvalue weighted by atomic mass is 14.9. The highest BCUT2D eigenvalue weighted by Crippen LogP contribution is 2.49. The Bertz CT molecular complexity index is 541. The van der Waals surface area contributed by atoms with Crippen LogP contribution in [0.2, 0.25) is 0 Å². The van der Waals surface area contributed by atoms with Crippen LogP contribution in [0.5, 0.6) is 0 Å². The smallest absolute Gasteiger partial charge is 0.0346 e. The second-order valence-corrected chi connectivity index (χ2v) is 6.91. The van der Waals surface area contributed by atoms with E-state index in [-0.39, 0.29) is 5.41 Å². The Kier molecular flexibility index (Phi) is 6.29. The van der Waals surface area contributed by atoms with Crippen molar-refractivity contribution in [1.82, 2.24) is 10.6 Å². The van der Waals surface area contributed by atoms with Gasteiger partial charge in [0.25, 0.3) is 0 Å². The molecule has 0 heterocycles. The van der Waals surface area contributed by atoms with Gasteiger partial charge in [0.1, 0.15) is 0 Å². The summed E-state index contributed by atoms with van der Waals surface area (Å²) in [6.45, 7) is 16.3. The van der Waals surface area contributed by atoms with Crippen molar-refractivity contribution < 1.29 is 0 Å². The average molecular weight is 315 g/mol. The highest BCUT2D eigenvalue weighted by molar-refractivity contribution is 5.47. The zero-order chi connectivity index (χ0) is 16.9. The van der Waals surface area contributed by atoms with Gasteiger partial charge in [0, 0.05) is 24.2 Å². The quantitative estimate of drug-likeness (QED) is 0.651. The standard InChI is InChI=1S/C21H34N2/c1-6-12-22-15-19-13-16(4)20(14-18(19)7-2)21(10-9-11-21)17(5)23-8-3/h13-14,22-23H,5-12,15H2,1-4H3. The number of allylic oxidation sites excluding steroid dienone is 1. The minimum Gasteiger partial charge on any atom is -0.388 e. The molecule has 0 amide bonds. The first-order valence-corrected chi connectivity index (χ1v) is 9.35. The highest BCUT2D eigenvalue weighted by Gasteiger charge is 2.42. The minimum atomic E-state index is 0.166. The van der Waals surface area contributed by atoms with Crippen LogP contribution in [-0.2, 0) is 18.4 Å². The topological polar surface area (TPSA) is 24.1 Å². The molecule has 2 heteroatoms. The second-order valence-electron chi connectivity index (χ2n) is 6.91. The van der Waals surface area contributed by atoms with Crippen LogP contribution in [-0.4, -0.2) is 13.1 Å². The Balaban J connectivity index is 2.33. The van der Waals surface area contributed by atoms with E-state index < -0.39 is 0 Å². The molecule has 0 aliphatic heterocycles. The van der Waals surface area contributed by atoms with Gasteiger partial charge in [0.2, 0.25) is 0 Å². The maximum absolute atomic E-state index is 4.37. The maximum Gasteiger partial charge on any atom is 0.0346 e. The Morgan fingerprint density at radius 3 is 2.43 bits per heavy atom. The van der Waals surface area contributed by atoms with Gasteiger partial charge < -0.3 is 10.6 Å². The predicted octanol–water partition coefficient (Wildman–Crippen LogP) is 4.60. The Labute approximate surface area is 142 Å². The van der Waals surface area contributed by atoms with Gasteiger partial charge in [0.15, 0.2) is 0 Å². The molecule has 2 rings (SSSR count). The first-order chi connectivity index (χ1) is 11.1. The SMILES string of the molecule is C=C(NCC)C1(c2cc(CC)c(CNCCC)cc2C)CCC1. The van der Waals surface area contributed by atoms with E-state index in [1.165, 1.54) is 53.6 Å². The summed E-state index contributed by atoms with van der Waals surface area (Å²) in [6, 6.07) is 4.89. The lowest BCUT2D eigenvalue weighted by atomic mass is 9.61. The number of rotatable bonds is 9. The molecule has 0 bridgehead atoms. The van der Waals surface area contributed by atoms with Gasteiger partial charge >= 0.3 is 0 Å². The van der Waals surface area contributed by atoms with E-state index in [0.717, 1.165) is 26.1 Å². The van der Waals surface area contributed by atoms with Gasteiger partial charge in [-0.2, -0.15) is 0 Å². The minimum absolute atomic E-state index is 0.166. The molecule has 1 aromatic rings. The van der Waals surface area contributed by atoms with E-state index in [2.05, 4.69) is 57.0 Å². The molecule has 23 heavy (non-hydrogen) atoms. The molecule has 2 N–H and O–H groups in total. The fourth-order valence-corrected chi connectivity index (χ4v) is 3.87. The van der Waals surface area contributed by atoms with Crippen molar-refractivity contribution >= 4 is 0 Å². The van der Waals surface area contributed by atoms with Crippen molar-refractivity contribution in [2.45, 2.75) is 71.8 Å². The first-order valence-electron chi connectivity index (χ1n) is 9.35. The van der Waals surface area contributed by atoms with Crippen molar-refractivity contribution in [2.24, 2.45) is 0 Å². The number of hydrogen-bond donors (Lipinski definition) is 2. The summed E-state index contributed by atoms with van der Waals surface area (Å²) in [6.07, 6.45) is 6.06. The van der Waals surface area contributed by atoms with Gasteiger partial charge in [-0.3, -0.25) is 0 Å². The summed E-state index contributed by atoms with van der Waals surface area (Å²) in [5, 5.41) is 7.05. The third kappa shape index (κ3) is 3.63. The molecule has 0 radical (unpaired) electrons. The van der Waals surface area contributed by atoms with Crippen LogP contribution in [0.3, 0.4) is 0 Å². The summed E-state index contributed by atoms with van der Waals surface area (Å²) >= 11 is 0. The molecule has 0 aromatic heterocycles. The lowest BCUT2D eigenvalue weighted by molar-refractivity contribution is 0.279. The van der Waals surface area contributed by atoms with Crippen molar-refractivity contribution in [2.75, 3.05) is 13.1 Å². The molecule has 0 atom stereocenters. The number of nitrogens with one attached hydrogen (secondary N) is 2. The molecule has 1 aromatic carbocycles. The zero-order valence-electron chi connectivity index (χ0n) is 15.5. The van der Waals surface area contributed by atoms with Crippen molar-refractivity contribution in [3.8, 4) is 0 Å². The van der Waals surface area contributed by atoms with Gasteiger partial charge in [-0.15, -0.1) is 0 Å². The fraction of sp³-hybridized carbons (Fsp3) is 0.619. The average Bonchev–Trinajstić information content (AvgIpc) is 2.48. The second kappa shape index (κ2) is 8.01. The van der Waals surface area contributed by atoms with E-state index in [1.54, 1.807) is 0 Å². The van der Waals surface area contributed by atoms with Gasteiger partial charge in [-0.25, -0.2) is 0 Å². The van der Waals surface area contributed by atoms with Crippen LogP contribution < -0.4 is 10.6 Å². The van der Waals surface area contributed by atoms with Crippen molar-refractivity contribution in [1.29, 1.82) is 0 Å². The summed E-state index contributed by atoms with van der Waals surface area (Å²) in [7, 11) is 0. The van der Waals surface area contributed by atoms with Gasteiger partial charge in [-0.1, -0.05) is 39.0 Å². The first kappa shape index (κ1) is 18.1. The monoisotopic (exact) mass is 314 g/mol. The molecule has 0 unspecified atom stereocenters. The van der Waals surface area contributed by atoms with Crippen LogP contribution in [0.1, 0.15) is 68.7 Å². The molecule has 1 fully saturated rings. The molecule has 0 saturated heterocycles. The van der Waals surface area contributed by atoms with E-state index >= 15 is 0 Å². The summed E-state index contributed by atoms with van der Waals surface area (Å²) in [5.41, 5.74) is 7.27. The van der Waals surface area contributed by atoms with Gasteiger partial charge in [-0.05, 0) is 68.3 Å². The van der Waals surface area contributed by atoms with E-state index in [0.29, 0.717) is 0 Å². The molecule has 0 spiro atoms. The fourth-order valence-electron chi connectivity index (χ4n) is 3.87. The predicted molar refractivity (Wildman–Crippen MR) is 101 cm³/mol. The third-order valence-corrected chi connectivity index (χ3v) is 5.36. The van der Waals surface area contributed by atoms with E-state index in [1.807, 2.05) is 0 Å². The molecule has 1 aliphatic carbocycles. The van der Waals surface area contributed by atoms with Crippen molar-refractivity contribution in [3.63, 3.8) is 0 Å². The summed E-state index contributed by atoms with van der Waals surface area (Å²) in [4.78, 5) is 0. The normalized spacial score (nSPS) is 16.0. The maximum atomic E-state index is 4.37. The van der Waals surface area contributed by atoms with Crippen LogP contribution in [0.25, 0.3) is 0 Å². The number of likely N-dealkylation sites (N-methyl/N-ethyl adjacent to an activating group) is 1. The molecular formula is C21H34N2. The van der Waals surface area contributed by atoms with Crippen LogP contribution in [0.4, 0.5) is 0 Å². The Morgan fingerprint density at radius 2 is 1.91 bits per heavy atom. The molecule has 2 nitrogen and oxygen atoms in total. The lowest BCUT2D eigenvalue weighted by Gasteiger charge is -2.45.